The maximum atomic E-state index is 6.95. The molecule has 0 bridgehead atoms. The first-order valence-electron chi connectivity index (χ1n) is 12.6. The first kappa shape index (κ1) is 21.5. The Hall–Kier alpha value is -4.82. The van der Waals surface area contributed by atoms with E-state index in [1.807, 2.05) is 0 Å². The molecule has 2 heterocycles. The van der Waals surface area contributed by atoms with Gasteiger partial charge in [0.1, 0.15) is 5.76 Å². The number of hydrogen-bond acceptors (Lipinski definition) is 1. The summed E-state index contributed by atoms with van der Waals surface area (Å²) in [5, 5.41) is 3.45. The quantitative estimate of drug-likeness (QED) is 0.248. The molecule has 0 radical (unpaired) electrons. The molecule has 0 aliphatic heterocycles. The van der Waals surface area contributed by atoms with E-state index < -0.39 is 0 Å². The van der Waals surface area contributed by atoms with Gasteiger partial charge in [-0.05, 0) is 22.8 Å². The molecule has 7 rings (SSSR count). The minimum atomic E-state index is 0.894. The van der Waals surface area contributed by atoms with E-state index in [1.165, 1.54) is 27.6 Å². The van der Waals surface area contributed by atoms with Crippen LogP contribution in [0.2, 0.25) is 0 Å². The fourth-order valence-corrected chi connectivity index (χ4v) is 5.57. The number of furan rings is 1. The monoisotopic (exact) mass is 475 g/mol. The lowest BCUT2D eigenvalue weighted by Gasteiger charge is -2.09. The van der Waals surface area contributed by atoms with Crippen LogP contribution in [-0.4, -0.2) is 4.57 Å². The average molecular weight is 476 g/mol. The van der Waals surface area contributed by atoms with E-state index in [1.54, 1.807) is 0 Å². The van der Waals surface area contributed by atoms with Crippen LogP contribution >= 0.6 is 0 Å². The van der Waals surface area contributed by atoms with Crippen LogP contribution in [0.5, 0.6) is 0 Å². The number of fused-ring (bicyclic) bond motifs is 2. The van der Waals surface area contributed by atoms with Gasteiger partial charge in [0.2, 0.25) is 0 Å². The molecule has 176 valence electrons. The lowest BCUT2D eigenvalue weighted by molar-refractivity contribution is 0.597. The molecular weight excluding hydrogens is 450 g/mol. The van der Waals surface area contributed by atoms with E-state index in [0.717, 1.165) is 39.1 Å². The lowest BCUT2D eigenvalue weighted by atomic mass is 9.96. The van der Waals surface area contributed by atoms with Crippen LogP contribution in [0, 0.1) is 0 Å². The summed E-state index contributed by atoms with van der Waals surface area (Å²) in [7, 11) is 2.14. The minimum absolute atomic E-state index is 0.894. The van der Waals surface area contributed by atoms with E-state index >= 15 is 0 Å². The molecule has 2 aromatic heterocycles. The number of benzene rings is 5. The van der Waals surface area contributed by atoms with Crippen LogP contribution in [-0.2, 0) is 7.05 Å². The Bertz CT molecular complexity index is 1870. The van der Waals surface area contributed by atoms with Crippen LogP contribution in [0.1, 0.15) is 0 Å². The maximum Gasteiger partial charge on any atom is 0.159 e. The van der Waals surface area contributed by atoms with Gasteiger partial charge < -0.3 is 8.98 Å². The molecule has 0 saturated carbocycles. The molecule has 2 heteroatoms. The SMILES string of the molecule is Cn1c(-c2oc(-c3ccccc3-c3ccccc3)c3ccccc23)c(-c2ccccc2)c2ccccc21. The van der Waals surface area contributed by atoms with Gasteiger partial charge >= 0.3 is 0 Å². The molecule has 7 aromatic rings. The van der Waals surface area contributed by atoms with Crippen LogP contribution < -0.4 is 0 Å². The summed E-state index contributed by atoms with van der Waals surface area (Å²) in [5.41, 5.74) is 8.08. The topological polar surface area (TPSA) is 18.1 Å². The summed E-state index contributed by atoms with van der Waals surface area (Å²) in [6.45, 7) is 0. The molecule has 0 amide bonds. The third kappa shape index (κ3) is 3.41. The Morgan fingerprint density at radius 1 is 0.459 bits per heavy atom. The molecule has 0 fully saturated rings. The second-order valence-corrected chi connectivity index (χ2v) is 9.38. The molecule has 0 aliphatic carbocycles. The molecule has 0 atom stereocenters. The van der Waals surface area contributed by atoms with Crippen molar-refractivity contribution in [2.45, 2.75) is 0 Å². The Labute approximate surface area is 216 Å². The lowest BCUT2D eigenvalue weighted by Crippen LogP contribution is -1.92. The van der Waals surface area contributed by atoms with Crippen molar-refractivity contribution in [3.8, 4) is 45.0 Å². The Kier molecular flexibility index (Phi) is 5.04. The highest BCUT2D eigenvalue weighted by Gasteiger charge is 2.25. The molecule has 5 aromatic carbocycles. The van der Waals surface area contributed by atoms with E-state index in [4.69, 9.17) is 4.42 Å². The van der Waals surface area contributed by atoms with Crippen molar-refractivity contribution in [3.63, 3.8) is 0 Å². The van der Waals surface area contributed by atoms with Crippen LogP contribution in [0.3, 0.4) is 0 Å². The molecule has 0 saturated heterocycles. The Morgan fingerprint density at radius 3 is 1.68 bits per heavy atom. The standard InChI is InChI=1S/C35H25NO/c1-36-31-23-13-12-22-30(31)32(25-16-6-3-7-17-25)33(36)35-29-21-11-10-20-28(29)34(37-35)27-19-9-8-18-26(27)24-14-4-2-5-15-24/h2-23H,1H3. The number of aryl methyl sites for hydroxylation is 1. The predicted molar refractivity (Wildman–Crippen MR) is 154 cm³/mol. The van der Waals surface area contributed by atoms with Crippen molar-refractivity contribution in [2.24, 2.45) is 7.05 Å². The molecule has 0 aliphatic rings. The fourth-order valence-electron chi connectivity index (χ4n) is 5.57. The molecule has 37 heavy (non-hydrogen) atoms. The van der Waals surface area contributed by atoms with E-state index in [-0.39, 0.29) is 0 Å². The predicted octanol–water partition coefficient (Wildman–Crippen LogP) is 9.59. The Morgan fingerprint density at radius 2 is 0.973 bits per heavy atom. The fraction of sp³-hybridized carbons (Fsp3) is 0.0286. The first-order valence-corrected chi connectivity index (χ1v) is 12.6. The van der Waals surface area contributed by atoms with Gasteiger partial charge in [-0.15, -0.1) is 0 Å². The zero-order valence-electron chi connectivity index (χ0n) is 20.6. The van der Waals surface area contributed by atoms with Crippen molar-refractivity contribution in [2.75, 3.05) is 0 Å². The third-order valence-corrected chi connectivity index (χ3v) is 7.26. The maximum absolute atomic E-state index is 6.95. The number of aromatic nitrogens is 1. The van der Waals surface area contributed by atoms with Crippen molar-refractivity contribution in [1.29, 1.82) is 0 Å². The second kappa shape index (κ2) is 8.69. The molecule has 0 N–H and O–H groups in total. The van der Waals surface area contributed by atoms with Crippen LogP contribution in [0.15, 0.2) is 138 Å². The van der Waals surface area contributed by atoms with E-state index in [9.17, 15) is 0 Å². The highest BCUT2D eigenvalue weighted by Crippen LogP contribution is 2.47. The highest BCUT2D eigenvalue weighted by molar-refractivity contribution is 6.10. The van der Waals surface area contributed by atoms with Crippen molar-refractivity contribution >= 4 is 21.7 Å². The first-order chi connectivity index (χ1) is 18.3. The zero-order valence-corrected chi connectivity index (χ0v) is 20.6. The smallest absolute Gasteiger partial charge is 0.159 e. The highest BCUT2D eigenvalue weighted by atomic mass is 16.3. The molecular formula is C35H25NO. The van der Waals surface area contributed by atoms with Crippen LogP contribution in [0.25, 0.3) is 66.7 Å². The summed E-state index contributed by atoms with van der Waals surface area (Å²) in [5.74, 6) is 1.79. The summed E-state index contributed by atoms with van der Waals surface area (Å²) in [4.78, 5) is 0. The van der Waals surface area contributed by atoms with Gasteiger partial charge in [-0.25, -0.2) is 0 Å². The van der Waals surface area contributed by atoms with Gasteiger partial charge in [0.15, 0.2) is 5.76 Å². The molecule has 0 spiro atoms. The third-order valence-electron chi connectivity index (χ3n) is 7.26. The number of hydrogen-bond donors (Lipinski definition) is 0. The van der Waals surface area contributed by atoms with Gasteiger partial charge in [0.25, 0.3) is 0 Å². The number of nitrogens with zero attached hydrogens (tertiary/aromatic N) is 1. The largest absolute Gasteiger partial charge is 0.453 e. The number of rotatable bonds is 4. The number of para-hydroxylation sites is 1. The van der Waals surface area contributed by atoms with Crippen molar-refractivity contribution in [3.05, 3.63) is 133 Å². The van der Waals surface area contributed by atoms with Crippen LogP contribution in [0.4, 0.5) is 0 Å². The minimum Gasteiger partial charge on any atom is -0.453 e. The summed E-state index contributed by atoms with van der Waals surface area (Å²) in [6, 6.07) is 46.8. The van der Waals surface area contributed by atoms with Gasteiger partial charge in [-0.3, -0.25) is 0 Å². The van der Waals surface area contributed by atoms with Gasteiger partial charge in [0, 0.05) is 39.8 Å². The second-order valence-electron chi connectivity index (χ2n) is 9.38. The van der Waals surface area contributed by atoms with E-state index in [0.29, 0.717) is 0 Å². The van der Waals surface area contributed by atoms with E-state index in [2.05, 4.69) is 145 Å². The van der Waals surface area contributed by atoms with Gasteiger partial charge in [0.05, 0.1) is 5.69 Å². The normalized spacial score (nSPS) is 11.4. The summed E-state index contributed by atoms with van der Waals surface area (Å²) in [6.07, 6.45) is 0. The van der Waals surface area contributed by atoms with Gasteiger partial charge in [-0.1, -0.05) is 127 Å². The average Bonchev–Trinajstić information content (AvgIpc) is 3.49. The Balaban J connectivity index is 1.56. The molecule has 0 unspecified atom stereocenters. The van der Waals surface area contributed by atoms with Gasteiger partial charge in [-0.2, -0.15) is 0 Å². The zero-order chi connectivity index (χ0) is 24.8. The van der Waals surface area contributed by atoms with Crippen molar-refractivity contribution in [1.82, 2.24) is 4.57 Å². The summed E-state index contributed by atoms with van der Waals surface area (Å²) >= 11 is 0. The van der Waals surface area contributed by atoms with Crippen molar-refractivity contribution < 1.29 is 4.42 Å². The molecule has 2 nitrogen and oxygen atoms in total. The summed E-state index contributed by atoms with van der Waals surface area (Å²) < 4.78 is 9.22.